The van der Waals surface area contributed by atoms with Gasteiger partial charge >= 0.3 is 0 Å². The third-order valence-electron chi connectivity index (χ3n) is 4.23. The van der Waals surface area contributed by atoms with Gasteiger partial charge in [-0.15, -0.1) is 0 Å². The maximum Gasteiger partial charge on any atom is 0.262 e. The number of alkyl halides is 2. The first-order valence-electron chi connectivity index (χ1n) is 7.18. The molecule has 2 fully saturated rings. The summed E-state index contributed by atoms with van der Waals surface area (Å²) in [6.07, 6.45) is 2.69. The molecule has 1 amide bonds. The highest BCUT2D eigenvalue weighted by atomic mass is 19.3. The second-order valence-corrected chi connectivity index (χ2v) is 5.84. The number of aromatic nitrogens is 2. The van der Waals surface area contributed by atoms with E-state index in [1.54, 1.807) is 15.9 Å². The third kappa shape index (κ3) is 2.93. The molecule has 0 aliphatic carbocycles. The zero-order valence-corrected chi connectivity index (χ0v) is 12.3. The van der Waals surface area contributed by atoms with Gasteiger partial charge < -0.3 is 9.64 Å². The van der Waals surface area contributed by atoms with Gasteiger partial charge in [0.1, 0.15) is 0 Å². The minimum absolute atomic E-state index is 0.0349. The molecule has 3 rings (SSSR count). The van der Waals surface area contributed by atoms with Crippen molar-refractivity contribution in [3.05, 3.63) is 24.0 Å². The highest BCUT2D eigenvalue weighted by molar-refractivity contribution is 5.94. The van der Waals surface area contributed by atoms with Crippen LogP contribution in [0.15, 0.2) is 18.5 Å². The Bertz CT molecular complexity index is 537. The summed E-state index contributed by atoms with van der Waals surface area (Å²) in [4.78, 5) is 15.6. The first-order chi connectivity index (χ1) is 10.5. The number of likely N-dealkylation sites (tertiary alicyclic amines) is 2. The Balaban J connectivity index is 1.59. The standard InChI is InChI=1S/C14H18F2N4O2/c1-22-8-11-4-14(15,16)9-20(11)12-6-19(7-12)13(21)10-2-3-17-18-5-10/h2-3,5,11-12H,4,6-9H2,1H3/t11-/m0/s1. The lowest BCUT2D eigenvalue weighted by Gasteiger charge is -2.45. The molecule has 22 heavy (non-hydrogen) atoms. The first-order valence-corrected chi connectivity index (χ1v) is 7.18. The van der Waals surface area contributed by atoms with Crippen molar-refractivity contribution >= 4 is 5.91 Å². The summed E-state index contributed by atoms with van der Waals surface area (Å²) in [7, 11) is 1.52. The van der Waals surface area contributed by atoms with Crippen LogP contribution in [0.1, 0.15) is 16.8 Å². The molecule has 0 N–H and O–H groups in total. The smallest absolute Gasteiger partial charge is 0.262 e. The monoisotopic (exact) mass is 312 g/mol. The number of methoxy groups -OCH3 is 1. The molecule has 1 atom stereocenters. The molecule has 2 aliphatic heterocycles. The summed E-state index contributed by atoms with van der Waals surface area (Å²) in [6.45, 7) is 0.938. The maximum absolute atomic E-state index is 13.6. The predicted octanol–water partition coefficient (Wildman–Crippen LogP) is 0.657. The Hall–Kier alpha value is -1.67. The average Bonchev–Trinajstić information content (AvgIpc) is 2.73. The van der Waals surface area contributed by atoms with Crippen molar-refractivity contribution in [1.82, 2.24) is 20.0 Å². The van der Waals surface area contributed by atoms with E-state index in [0.29, 0.717) is 18.7 Å². The van der Waals surface area contributed by atoms with Crippen molar-refractivity contribution in [3.63, 3.8) is 0 Å². The highest BCUT2D eigenvalue weighted by Gasteiger charge is 2.50. The van der Waals surface area contributed by atoms with E-state index >= 15 is 0 Å². The van der Waals surface area contributed by atoms with Gasteiger partial charge in [-0.3, -0.25) is 9.69 Å². The molecule has 6 nitrogen and oxygen atoms in total. The normalized spacial score (nSPS) is 25.2. The molecule has 0 aromatic carbocycles. The van der Waals surface area contributed by atoms with E-state index in [-0.39, 0.29) is 37.6 Å². The van der Waals surface area contributed by atoms with Crippen LogP contribution in [0, 0.1) is 0 Å². The lowest BCUT2D eigenvalue weighted by molar-refractivity contribution is -0.0136. The van der Waals surface area contributed by atoms with Gasteiger partial charge in [-0.05, 0) is 6.07 Å². The van der Waals surface area contributed by atoms with Gasteiger partial charge in [-0.1, -0.05) is 0 Å². The topological polar surface area (TPSA) is 58.6 Å². The lowest BCUT2D eigenvalue weighted by atomic mass is 10.0. The number of carbonyl (C=O) groups is 1. The van der Waals surface area contributed by atoms with Crippen LogP contribution >= 0.6 is 0 Å². The second-order valence-electron chi connectivity index (χ2n) is 5.84. The molecule has 0 bridgehead atoms. The molecule has 2 saturated heterocycles. The number of hydrogen-bond acceptors (Lipinski definition) is 5. The zero-order chi connectivity index (χ0) is 15.7. The average molecular weight is 312 g/mol. The van der Waals surface area contributed by atoms with E-state index in [1.165, 1.54) is 19.5 Å². The fourth-order valence-corrected chi connectivity index (χ4v) is 3.13. The quantitative estimate of drug-likeness (QED) is 0.817. The molecular formula is C14H18F2N4O2. The van der Waals surface area contributed by atoms with Gasteiger partial charge in [0.15, 0.2) is 0 Å². The van der Waals surface area contributed by atoms with Gasteiger partial charge in [0.25, 0.3) is 11.8 Å². The van der Waals surface area contributed by atoms with Gasteiger partial charge in [0.05, 0.1) is 31.1 Å². The van der Waals surface area contributed by atoms with Crippen molar-refractivity contribution in [3.8, 4) is 0 Å². The van der Waals surface area contributed by atoms with Crippen LogP contribution in [0.2, 0.25) is 0 Å². The molecule has 1 aromatic heterocycles. The van der Waals surface area contributed by atoms with Crippen LogP contribution in [-0.2, 0) is 4.74 Å². The molecule has 0 saturated carbocycles. The Morgan fingerprint density at radius 3 is 2.86 bits per heavy atom. The van der Waals surface area contributed by atoms with Crippen LogP contribution in [0.5, 0.6) is 0 Å². The zero-order valence-electron chi connectivity index (χ0n) is 12.3. The second kappa shape index (κ2) is 5.85. The predicted molar refractivity (Wildman–Crippen MR) is 73.7 cm³/mol. The van der Waals surface area contributed by atoms with Gasteiger partial charge in [-0.2, -0.15) is 10.2 Å². The number of ether oxygens (including phenoxy) is 1. The number of halogens is 2. The van der Waals surface area contributed by atoms with Crippen LogP contribution in [0.25, 0.3) is 0 Å². The number of rotatable bonds is 4. The minimum atomic E-state index is -2.68. The Labute approximate surface area is 127 Å². The largest absolute Gasteiger partial charge is 0.383 e. The van der Waals surface area contributed by atoms with Gasteiger partial charge in [-0.25, -0.2) is 8.78 Å². The van der Waals surface area contributed by atoms with E-state index in [1.807, 2.05) is 0 Å². The summed E-state index contributed by atoms with van der Waals surface area (Å²) in [6, 6.07) is 1.28. The SMILES string of the molecule is COC[C@@H]1CC(F)(F)CN1C1CN(C(=O)c2ccnnc2)C1. The van der Waals surface area contributed by atoms with Crippen LogP contribution < -0.4 is 0 Å². The maximum atomic E-state index is 13.6. The Morgan fingerprint density at radius 1 is 1.45 bits per heavy atom. The number of hydrogen-bond donors (Lipinski definition) is 0. The molecule has 1 aromatic rings. The Kier molecular flexibility index (Phi) is 4.05. The summed E-state index contributed by atoms with van der Waals surface area (Å²) < 4.78 is 32.3. The van der Waals surface area contributed by atoms with Crippen molar-refractivity contribution in [2.24, 2.45) is 0 Å². The highest BCUT2D eigenvalue weighted by Crippen LogP contribution is 2.35. The van der Waals surface area contributed by atoms with E-state index in [9.17, 15) is 13.6 Å². The number of nitrogens with zero attached hydrogens (tertiary/aromatic N) is 4. The molecule has 3 heterocycles. The van der Waals surface area contributed by atoms with E-state index in [2.05, 4.69) is 10.2 Å². The summed E-state index contributed by atoms with van der Waals surface area (Å²) in [5.41, 5.74) is 0.466. The van der Waals surface area contributed by atoms with E-state index < -0.39 is 5.92 Å². The number of amides is 1. The fourth-order valence-electron chi connectivity index (χ4n) is 3.13. The van der Waals surface area contributed by atoms with Crippen LogP contribution in [-0.4, -0.2) is 77.3 Å². The fraction of sp³-hybridized carbons (Fsp3) is 0.643. The summed E-state index contributed by atoms with van der Waals surface area (Å²) in [5.74, 6) is -2.82. The number of carbonyl (C=O) groups excluding carboxylic acids is 1. The van der Waals surface area contributed by atoms with Crippen LogP contribution in [0.4, 0.5) is 8.78 Å². The van der Waals surface area contributed by atoms with Gasteiger partial charge in [0.2, 0.25) is 0 Å². The minimum Gasteiger partial charge on any atom is -0.383 e. The molecular weight excluding hydrogens is 294 g/mol. The van der Waals surface area contributed by atoms with Gasteiger partial charge in [0, 0.05) is 38.7 Å². The lowest BCUT2D eigenvalue weighted by Crippen LogP contribution is -2.62. The molecule has 0 unspecified atom stereocenters. The molecule has 0 spiro atoms. The van der Waals surface area contributed by atoms with Crippen molar-refractivity contribution in [2.75, 3.05) is 33.4 Å². The van der Waals surface area contributed by atoms with Crippen molar-refractivity contribution < 1.29 is 18.3 Å². The Morgan fingerprint density at radius 2 is 2.23 bits per heavy atom. The van der Waals surface area contributed by atoms with E-state index in [4.69, 9.17) is 4.74 Å². The first kappa shape index (κ1) is 15.2. The summed E-state index contributed by atoms with van der Waals surface area (Å²) >= 11 is 0. The molecule has 8 heteroatoms. The molecule has 120 valence electrons. The molecule has 2 aliphatic rings. The molecule has 0 radical (unpaired) electrons. The van der Waals surface area contributed by atoms with E-state index in [0.717, 1.165) is 0 Å². The third-order valence-corrected chi connectivity index (χ3v) is 4.23. The van der Waals surface area contributed by atoms with Crippen molar-refractivity contribution in [2.45, 2.75) is 24.4 Å². The van der Waals surface area contributed by atoms with Crippen molar-refractivity contribution in [1.29, 1.82) is 0 Å². The van der Waals surface area contributed by atoms with Crippen LogP contribution in [0.3, 0.4) is 0 Å². The summed E-state index contributed by atoms with van der Waals surface area (Å²) in [5, 5.41) is 7.30.